The predicted octanol–water partition coefficient (Wildman–Crippen LogP) is 3.52. The zero-order valence-electron chi connectivity index (χ0n) is 17.9. The van der Waals surface area contributed by atoms with E-state index in [1.807, 2.05) is 26.2 Å². The number of alkyl carbamates (subject to hydrolysis) is 1. The van der Waals surface area contributed by atoms with Crippen molar-refractivity contribution in [3.8, 4) is 0 Å². The first-order valence-corrected chi connectivity index (χ1v) is 11.8. The normalized spacial score (nSPS) is 20.8. The van der Waals surface area contributed by atoms with Crippen LogP contribution >= 0.6 is 27.3 Å². The monoisotopic (exact) mass is 503 g/mol. The molecule has 0 aliphatic carbocycles. The Balaban J connectivity index is 1.81. The average Bonchev–Trinajstić information content (AvgIpc) is 3.03. The number of hydrogen-bond acceptors (Lipinski definition) is 8. The molecule has 1 aromatic rings. The van der Waals surface area contributed by atoms with Crippen LogP contribution in [0.5, 0.6) is 0 Å². The standard InChI is InChI=1S/C20H30BrN3O5S/c1-13(25)28-9-14(22-18(26)29-19(2,3)4)16(17-23-15(21)10-30-17)24-11-20(12-24)5-7-27-8-6-20/h10,14,16H,5-9,11-12H2,1-4H3,(H,22,26)/t14-,16+/m1/s1. The molecule has 0 unspecified atom stereocenters. The van der Waals surface area contributed by atoms with E-state index in [0.29, 0.717) is 0 Å². The summed E-state index contributed by atoms with van der Waals surface area (Å²) in [4.78, 5) is 31.0. The van der Waals surface area contributed by atoms with Gasteiger partial charge in [-0.2, -0.15) is 0 Å². The maximum absolute atomic E-state index is 12.5. The van der Waals surface area contributed by atoms with E-state index in [2.05, 4.69) is 31.1 Å². The number of amides is 1. The molecule has 1 aromatic heterocycles. The minimum atomic E-state index is -0.626. The Morgan fingerprint density at radius 2 is 2.03 bits per heavy atom. The number of ether oxygens (including phenoxy) is 3. The van der Waals surface area contributed by atoms with Crippen molar-refractivity contribution in [2.75, 3.05) is 32.9 Å². The van der Waals surface area contributed by atoms with E-state index in [1.54, 1.807) is 0 Å². The highest BCUT2D eigenvalue weighted by Gasteiger charge is 2.49. The van der Waals surface area contributed by atoms with Crippen molar-refractivity contribution in [2.45, 2.75) is 58.2 Å². The average molecular weight is 504 g/mol. The molecule has 1 N–H and O–H groups in total. The first kappa shape index (κ1) is 23.4. The summed E-state index contributed by atoms with van der Waals surface area (Å²) >= 11 is 4.94. The van der Waals surface area contributed by atoms with E-state index >= 15 is 0 Å². The van der Waals surface area contributed by atoms with Crippen LogP contribution in [0.1, 0.15) is 51.6 Å². The van der Waals surface area contributed by atoms with Gasteiger partial charge in [-0.3, -0.25) is 9.69 Å². The quantitative estimate of drug-likeness (QED) is 0.593. The molecule has 3 heterocycles. The molecule has 3 rings (SSSR count). The smallest absolute Gasteiger partial charge is 0.408 e. The van der Waals surface area contributed by atoms with Crippen LogP contribution in [0.4, 0.5) is 4.79 Å². The van der Waals surface area contributed by atoms with Gasteiger partial charge in [0.2, 0.25) is 0 Å². The first-order chi connectivity index (χ1) is 14.1. The molecule has 10 heteroatoms. The molecule has 30 heavy (non-hydrogen) atoms. The molecule has 2 aliphatic rings. The van der Waals surface area contributed by atoms with Gasteiger partial charge in [0.1, 0.15) is 21.8 Å². The zero-order valence-corrected chi connectivity index (χ0v) is 20.3. The van der Waals surface area contributed by atoms with Crippen molar-refractivity contribution in [3.05, 3.63) is 15.0 Å². The fourth-order valence-corrected chi connectivity index (χ4v) is 5.46. The van der Waals surface area contributed by atoms with Crippen LogP contribution in [0.2, 0.25) is 0 Å². The van der Waals surface area contributed by atoms with E-state index < -0.39 is 23.7 Å². The third kappa shape index (κ3) is 6.15. The van der Waals surface area contributed by atoms with Gasteiger partial charge < -0.3 is 19.5 Å². The predicted molar refractivity (Wildman–Crippen MR) is 116 cm³/mol. The Morgan fingerprint density at radius 1 is 1.37 bits per heavy atom. The largest absolute Gasteiger partial charge is 0.464 e. The Kier molecular flexibility index (Phi) is 7.42. The van der Waals surface area contributed by atoms with Crippen molar-refractivity contribution in [3.63, 3.8) is 0 Å². The zero-order chi connectivity index (χ0) is 21.9. The lowest BCUT2D eigenvalue weighted by atomic mass is 9.72. The second kappa shape index (κ2) is 9.50. The van der Waals surface area contributed by atoms with E-state index in [4.69, 9.17) is 14.2 Å². The minimum absolute atomic E-state index is 0.0447. The van der Waals surface area contributed by atoms with Gasteiger partial charge in [0.25, 0.3) is 0 Å². The number of esters is 1. The fourth-order valence-electron chi connectivity index (χ4n) is 4.00. The van der Waals surface area contributed by atoms with Crippen LogP contribution in [-0.4, -0.2) is 66.5 Å². The molecule has 2 atom stereocenters. The lowest BCUT2D eigenvalue weighted by Gasteiger charge is -2.55. The Bertz CT molecular complexity index is 752. The van der Waals surface area contributed by atoms with E-state index in [1.165, 1.54) is 18.3 Å². The molecule has 0 aromatic carbocycles. The number of carbonyl (C=O) groups excluding carboxylic acids is 2. The third-order valence-corrected chi connectivity index (χ3v) is 6.94. The van der Waals surface area contributed by atoms with Crippen LogP contribution < -0.4 is 5.32 Å². The molecule has 8 nitrogen and oxygen atoms in total. The summed E-state index contributed by atoms with van der Waals surface area (Å²) in [5.74, 6) is -0.394. The summed E-state index contributed by atoms with van der Waals surface area (Å²) < 4.78 is 17.0. The number of rotatable bonds is 6. The second-order valence-corrected chi connectivity index (χ2v) is 10.7. The highest BCUT2D eigenvalue weighted by Crippen LogP contribution is 2.45. The van der Waals surface area contributed by atoms with Crippen LogP contribution in [0.15, 0.2) is 9.98 Å². The van der Waals surface area contributed by atoms with Crippen molar-refractivity contribution in [2.24, 2.45) is 5.41 Å². The van der Waals surface area contributed by atoms with Crippen LogP contribution in [0.25, 0.3) is 0 Å². The summed E-state index contributed by atoms with van der Waals surface area (Å²) in [6.45, 7) is 10.2. The molecule has 0 saturated carbocycles. The van der Waals surface area contributed by atoms with Gasteiger partial charge in [0.05, 0.1) is 12.1 Å². The SMILES string of the molecule is CC(=O)OC[C@@H](NC(=O)OC(C)(C)C)[C@@H](c1nc(Br)cs1)N1CC2(CCOCC2)C1. The van der Waals surface area contributed by atoms with Crippen molar-refractivity contribution in [1.82, 2.24) is 15.2 Å². The highest BCUT2D eigenvalue weighted by molar-refractivity contribution is 9.10. The van der Waals surface area contributed by atoms with Crippen molar-refractivity contribution in [1.29, 1.82) is 0 Å². The van der Waals surface area contributed by atoms with Gasteiger partial charge in [0, 0.05) is 44.0 Å². The van der Waals surface area contributed by atoms with Gasteiger partial charge in [-0.15, -0.1) is 11.3 Å². The number of likely N-dealkylation sites (tertiary alicyclic amines) is 1. The number of aromatic nitrogens is 1. The first-order valence-electron chi connectivity index (χ1n) is 10.1. The van der Waals surface area contributed by atoms with Gasteiger partial charge in [-0.05, 0) is 49.5 Å². The number of hydrogen-bond donors (Lipinski definition) is 1. The molecule has 2 saturated heterocycles. The molecular weight excluding hydrogens is 474 g/mol. The second-order valence-electron chi connectivity index (χ2n) is 9.03. The molecule has 1 amide bonds. The Morgan fingerprint density at radius 3 is 2.57 bits per heavy atom. The van der Waals surface area contributed by atoms with Crippen molar-refractivity contribution < 1.29 is 23.8 Å². The van der Waals surface area contributed by atoms with E-state index in [-0.39, 0.29) is 18.1 Å². The number of nitrogens with one attached hydrogen (secondary N) is 1. The van der Waals surface area contributed by atoms with Crippen LogP contribution in [0, 0.1) is 5.41 Å². The lowest BCUT2D eigenvalue weighted by Crippen LogP contribution is -2.63. The Labute approximate surface area is 189 Å². The van der Waals surface area contributed by atoms with Gasteiger partial charge >= 0.3 is 12.1 Å². The summed E-state index contributed by atoms with van der Waals surface area (Å²) in [5.41, 5.74) is -0.373. The highest BCUT2D eigenvalue weighted by atomic mass is 79.9. The number of thiazole rings is 1. The maximum Gasteiger partial charge on any atom is 0.408 e. The van der Waals surface area contributed by atoms with Crippen LogP contribution in [0.3, 0.4) is 0 Å². The Hall–Kier alpha value is -1.23. The van der Waals surface area contributed by atoms with Gasteiger partial charge in [-0.25, -0.2) is 9.78 Å². The summed E-state index contributed by atoms with van der Waals surface area (Å²) in [6.07, 6.45) is 1.53. The summed E-state index contributed by atoms with van der Waals surface area (Å²) in [7, 11) is 0. The van der Waals surface area contributed by atoms with Gasteiger partial charge in [0.15, 0.2) is 0 Å². The van der Waals surface area contributed by atoms with Gasteiger partial charge in [-0.1, -0.05) is 0 Å². The van der Waals surface area contributed by atoms with E-state index in [0.717, 1.165) is 48.8 Å². The molecule has 0 bridgehead atoms. The maximum atomic E-state index is 12.5. The fraction of sp³-hybridized carbons (Fsp3) is 0.750. The molecule has 1 spiro atoms. The number of halogens is 1. The summed E-state index contributed by atoms with van der Waals surface area (Å²) in [6, 6.07) is -0.708. The van der Waals surface area contributed by atoms with Crippen LogP contribution in [-0.2, 0) is 19.0 Å². The van der Waals surface area contributed by atoms with Crippen molar-refractivity contribution >= 4 is 39.3 Å². The third-order valence-electron chi connectivity index (χ3n) is 5.32. The minimum Gasteiger partial charge on any atom is -0.464 e. The molecule has 2 aliphatic heterocycles. The molecule has 168 valence electrons. The number of carbonyl (C=O) groups is 2. The summed E-state index contributed by atoms with van der Waals surface area (Å²) in [5, 5.41) is 5.70. The molecule has 0 radical (unpaired) electrons. The molecule has 2 fully saturated rings. The molecular formula is C20H30BrN3O5S. The van der Waals surface area contributed by atoms with E-state index in [9.17, 15) is 9.59 Å². The topological polar surface area (TPSA) is 90.0 Å². The lowest BCUT2D eigenvalue weighted by molar-refractivity contribution is -0.144. The number of nitrogens with zero attached hydrogens (tertiary/aromatic N) is 2.